The van der Waals surface area contributed by atoms with Gasteiger partial charge in [0.05, 0.1) is 13.2 Å². The minimum absolute atomic E-state index is 0.441. The third-order valence-corrected chi connectivity index (χ3v) is 12.0. The molecular formula is C32H40O4Si. The number of hydrogen-bond donors (Lipinski definition) is 0. The molecule has 2 atom stereocenters. The molecule has 0 bridgehead atoms. The van der Waals surface area contributed by atoms with Crippen LogP contribution >= 0.6 is 0 Å². The smallest absolute Gasteiger partial charge is 0.193 e. The maximum atomic E-state index is 11.6. The number of hydrogen-bond acceptors (Lipinski definition) is 4. The van der Waals surface area contributed by atoms with Crippen LogP contribution in [0, 0.1) is 0 Å². The summed E-state index contributed by atoms with van der Waals surface area (Å²) < 4.78 is 19.9. The lowest BCUT2D eigenvalue weighted by molar-refractivity contribution is -0.105. The molecule has 0 aromatic heterocycles. The number of benzene rings is 3. The van der Waals surface area contributed by atoms with E-state index in [9.17, 15) is 4.79 Å². The lowest BCUT2D eigenvalue weighted by atomic mass is 9.79. The fourth-order valence-corrected chi connectivity index (χ4v) is 7.91. The topological polar surface area (TPSA) is 44.8 Å². The van der Waals surface area contributed by atoms with E-state index >= 15 is 0 Å². The van der Waals surface area contributed by atoms with Crippen molar-refractivity contribution in [2.45, 2.75) is 63.6 Å². The molecule has 0 heterocycles. The average Bonchev–Trinajstić information content (AvgIpc) is 2.97. The van der Waals surface area contributed by atoms with Gasteiger partial charge in [-0.3, -0.25) is 4.79 Å². The Bertz CT molecular complexity index is 1010. The van der Waals surface area contributed by atoms with E-state index in [0.717, 1.165) is 41.1 Å². The summed E-state index contributed by atoms with van der Waals surface area (Å²) >= 11 is 0. The second-order valence-electron chi connectivity index (χ2n) is 9.29. The molecule has 3 rings (SSSR count). The van der Waals surface area contributed by atoms with Crippen LogP contribution < -0.4 is 0 Å². The van der Waals surface area contributed by atoms with E-state index < -0.39 is 26.1 Å². The van der Waals surface area contributed by atoms with E-state index in [1.807, 2.05) is 61.5 Å². The first-order chi connectivity index (χ1) is 18.0. The van der Waals surface area contributed by atoms with Crippen molar-refractivity contribution in [3.05, 3.63) is 120 Å². The zero-order chi connectivity index (χ0) is 26.7. The van der Waals surface area contributed by atoms with E-state index in [2.05, 4.69) is 57.2 Å². The van der Waals surface area contributed by atoms with Crippen LogP contribution in [0.3, 0.4) is 0 Å². The Labute approximate surface area is 223 Å². The van der Waals surface area contributed by atoms with Crippen molar-refractivity contribution >= 4 is 14.6 Å². The van der Waals surface area contributed by atoms with Gasteiger partial charge in [-0.2, -0.15) is 0 Å². The lowest BCUT2D eigenvalue weighted by Gasteiger charge is -2.42. The highest BCUT2D eigenvalue weighted by Gasteiger charge is 2.43. The third kappa shape index (κ3) is 6.29. The molecule has 0 amide bonds. The van der Waals surface area contributed by atoms with Gasteiger partial charge in [0, 0.05) is 6.08 Å². The van der Waals surface area contributed by atoms with Crippen LogP contribution in [-0.2, 0) is 24.3 Å². The number of allylic oxidation sites excluding steroid dienone is 1. The van der Waals surface area contributed by atoms with Crippen LogP contribution in [-0.4, -0.2) is 33.9 Å². The van der Waals surface area contributed by atoms with Crippen molar-refractivity contribution in [2.24, 2.45) is 0 Å². The van der Waals surface area contributed by atoms with E-state index in [-0.39, 0.29) is 0 Å². The van der Waals surface area contributed by atoms with Crippen molar-refractivity contribution < 1.29 is 18.7 Å². The maximum absolute atomic E-state index is 11.6. The van der Waals surface area contributed by atoms with Gasteiger partial charge in [0.15, 0.2) is 8.32 Å². The zero-order valence-electron chi connectivity index (χ0n) is 22.7. The molecule has 0 saturated carbocycles. The van der Waals surface area contributed by atoms with Gasteiger partial charge in [-0.05, 0) is 41.7 Å². The van der Waals surface area contributed by atoms with E-state index in [1.165, 1.54) is 6.08 Å². The van der Waals surface area contributed by atoms with Gasteiger partial charge in [-0.25, -0.2) is 0 Å². The monoisotopic (exact) mass is 516 g/mol. The van der Waals surface area contributed by atoms with Crippen molar-refractivity contribution in [2.75, 3.05) is 7.11 Å². The Balaban J connectivity index is 2.22. The van der Waals surface area contributed by atoms with Gasteiger partial charge in [0.1, 0.15) is 23.8 Å². The number of carbonyl (C=O) groups is 1. The Morgan fingerprint density at radius 1 is 0.784 bits per heavy atom. The number of aldehydes is 1. The number of rotatable bonds is 14. The van der Waals surface area contributed by atoms with Gasteiger partial charge >= 0.3 is 0 Å². The fourth-order valence-electron chi connectivity index (χ4n) is 5.06. The van der Waals surface area contributed by atoms with Gasteiger partial charge in [0.25, 0.3) is 0 Å². The predicted octanol–water partition coefficient (Wildman–Crippen LogP) is 7.50. The minimum Gasteiger partial charge on any atom is -0.498 e. The number of methoxy groups -OCH3 is 1. The quantitative estimate of drug-likeness (QED) is 0.0731. The van der Waals surface area contributed by atoms with Crippen LogP contribution in [0.5, 0.6) is 0 Å². The molecule has 0 radical (unpaired) electrons. The second-order valence-corrected chi connectivity index (χ2v) is 14.0. The highest BCUT2D eigenvalue weighted by molar-refractivity contribution is 6.73. The summed E-state index contributed by atoms with van der Waals surface area (Å²) in [6, 6.07) is 33.8. The van der Waals surface area contributed by atoms with Crippen molar-refractivity contribution in [1.29, 1.82) is 0 Å². The Kier molecular flexibility index (Phi) is 10.4. The SMILES string of the molecule is CC[Si](CC)(CC)O[C@H](/C(=C\C=O)OC)[C@H](C)OC(c1ccccc1)(c1ccccc1)c1ccccc1. The van der Waals surface area contributed by atoms with Gasteiger partial charge < -0.3 is 13.9 Å². The highest BCUT2D eigenvalue weighted by atomic mass is 28.4. The summed E-state index contributed by atoms with van der Waals surface area (Å²) in [5.41, 5.74) is 2.14. The van der Waals surface area contributed by atoms with Crippen molar-refractivity contribution in [1.82, 2.24) is 0 Å². The van der Waals surface area contributed by atoms with Crippen molar-refractivity contribution in [3.8, 4) is 0 Å². The first-order valence-electron chi connectivity index (χ1n) is 13.2. The molecule has 3 aromatic carbocycles. The van der Waals surface area contributed by atoms with Crippen LogP contribution in [0.25, 0.3) is 0 Å². The van der Waals surface area contributed by atoms with Crippen LogP contribution in [0.1, 0.15) is 44.4 Å². The minimum atomic E-state index is -2.08. The molecule has 0 aliphatic rings. The maximum Gasteiger partial charge on any atom is 0.193 e. The molecule has 0 spiro atoms. The molecule has 4 nitrogen and oxygen atoms in total. The summed E-state index contributed by atoms with van der Waals surface area (Å²) in [5, 5.41) is 0. The second kappa shape index (κ2) is 13.5. The highest BCUT2D eigenvalue weighted by Crippen LogP contribution is 2.42. The summed E-state index contributed by atoms with van der Waals surface area (Å²) in [6.07, 6.45) is 1.24. The molecule has 0 aliphatic heterocycles. The van der Waals surface area contributed by atoms with Gasteiger partial charge in [-0.15, -0.1) is 0 Å². The van der Waals surface area contributed by atoms with Crippen LogP contribution in [0.15, 0.2) is 103 Å². The van der Waals surface area contributed by atoms with Gasteiger partial charge in [-0.1, -0.05) is 112 Å². The molecular weight excluding hydrogens is 476 g/mol. The Morgan fingerprint density at radius 2 is 1.19 bits per heavy atom. The zero-order valence-corrected chi connectivity index (χ0v) is 23.7. The van der Waals surface area contributed by atoms with E-state index in [0.29, 0.717) is 5.76 Å². The molecule has 196 valence electrons. The van der Waals surface area contributed by atoms with Crippen LogP contribution in [0.4, 0.5) is 0 Å². The van der Waals surface area contributed by atoms with Gasteiger partial charge in [0.2, 0.25) is 0 Å². The fraction of sp³-hybridized carbons (Fsp3) is 0.344. The standard InChI is InChI=1S/C32H40O4Si/c1-6-37(7-2,8-3)36-31(30(34-5)24-25-33)26(4)35-32(27-18-12-9-13-19-27,28-20-14-10-15-21-28)29-22-16-11-17-23-29/h9-26,31H,6-8H2,1-5H3/b30-24+/t26-,31-/m0/s1. The molecule has 0 saturated heterocycles. The average molecular weight is 517 g/mol. The molecule has 5 heteroatoms. The molecule has 0 fully saturated rings. The molecule has 0 N–H and O–H groups in total. The lowest BCUT2D eigenvalue weighted by Crippen LogP contribution is -2.48. The number of ether oxygens (including phenoxy) is 2. The molecule has 3 aromatic rings. The Hall–Kier alpha value is -2.99. The van der Waals surface area contributed by atoms with E-state index in [4.69, 9.17) is 13.9 Å². The summed E-state index contributed by atoms with van der Waals surface area (Å²) in [5.74, 6) is 0.484. The third-order valence-electron chi connectivity index (χ3n) is 7.39. The summed E-state index contributed by atoms with van der Waals surface area (Å²) in [4.78, 5) is 11.6. The Morgan fingerprint density at radius 3 is 1.51 bits per heavy atom. The first-order valence-corrected chi connectivity index (χ1v) is 15.7. The molecule has 0 aliphatic carbocycles. The predicted molar refractivity (Wildman–Crippen MR) is 153 cm³/mol. The molecule has 0 unspecified atom stereocenters. The largest absolute Gasteiger partial charge is 0.498 e. The van der Waals surface area contributed by atoms with E-state index in [1.54, 1.807) is 7.11 Å². The summed E-state index contributed by atoms with van der Waals surface area (Å²) in [6.45, 7) is 8.60. The first kappa shape index (κ1) is 28.6. The normalized spacial score (nSPS) is 14.1. The molecule has 37 heavy (non-hydrogen) atoms. The number of carbonyl (C=O) groups excluding carboxylic acids is 1. The summed E-state index contributed by atoms with van der Waals surface area (Å²) in [7, 11) is -0.494. The van der Waals surface area contributed by atoms with Crippen molar-refractivity contribution in [3.63, 3.8) is 0 Å². The van der Waals surface area contributed by atoms with Crippen LogP contribution in [0.2, 0.25) is 18.1 Å².